The van der Waals surface area contributed by atoms with Crippen molar-refractivity contribution < 1.29 is 4.79 Å². The third-order valence-electron chi connectivity index (χ3n) is 2.59. The molecule has 94 valence electrons. The zero-order valence-electron chi connectivity index (χ0n) is 9.76. The van der Waals surface area contributed by atoms with E-state index in [2.05, 4.69) is 32.9 Å². The minimum absolute atomic E-state index is 0.164. The van der Waals surface area contributed by atoms with Crippen molar-refractivity contribution in [3.63, 3.8) is 0 Å². The van der Waals surface area contributed by atoms with E-state index in [0.29, 0.717) is 5.01 Å². The Labute approximate surface area is 127 Å². The molecule has 1 N–H and O–H groups in total. The van der Waals surface area contributed by atoms with Gasteiger partial charge in [0.15, 0.2) is 5.01 Å². The molecule has 0 aliphatic heterocycles. The fraction of sp³-hybridized carbons (Fsp3) is 0. The molecule has 3 nitrogen and oxygen atoms in total. The average molecular weight is 380 g/mol. The van der Waals surface area contributed by atoms with Gasteiger partial charge in [-0.2, -0.15) is 0 Å². The summed E-state index contributed by atoms with van der Waals surface area (Å²) in [5.74, 6) is -0.164. The third-order valence-corrected chi connectivity index (χ3v) is 4.34. The number of aromatic nitrogens is 1. The molecule has 0 fully saturated rings. The van der Waals surface area contributed by atoms with E-state index in [1.807, 2.05) is 48.5 Å². The zero-order valence-corrected chi connectivity index (χ0v) is 12.7. The van der Waals surface area contributed by atoms with Crippen LogP contribution in [0.15, 0.2) is 48.5 Å². The molecule has 0 saturated carbocycles. The van der Waals surface area contributed by atoms with Crippen LogP contribution in [-0.2, 0) is 0 Å². The van der Waals surface area contributed by atoms with Crippen molar-refractivity contribution in [1.29, 1.82) is 0 Å². The van der Waals surface area contributed by atoms with Crippen LogP contribution < -0.4 is 5.32 Å². The molecule has 0 saturated heterocycles. The van der Waals surface area contributed by atoms with E-state index in [1.165, 1.54) is 11.3 Å². The van der Waals surface area contributed by atoms with Crippen LogP contribution in [0.25, 0.3) is 10.2 Å². The molecule has 0 bridgehead atoms. The van der Waals surface area contributed by atoms with Crippen LogP contribution >= 0.6 is 33.9 Å². The third kappa shape index (κ3) is 2.76. The summed E-state index contributed by atoms with van der Waals surface area (Å²) in [5.41, 5.74) is 1.64. The van der Waals surface area contributed by atoms with Crippen LogP contribution in [-0.4, -0.2) is 10.9 Å². The van der Waals surface area contributed by atoms with Gasteiger partial charge in [-0.05, 0) is 59.0 Å². The lowest BCUT2D eigenvalue weighted by atomic mass is 10.3. The lowest BCUT2D eigenvalue weighted by molar-refractivity contribution is 0.102. The van der Waals surface area contributed by atoms with Gasteiger partial charge >= 0.3 is 0 Å². The summed E-state index contributed by atoms with van der Waals surface area (Å²) in [4.78, 5) is 16.4. The number of carbonyl (C=O) groups excluding carboxylic acids is 1. The van der Waals surface area contributed by atoms with Gasteiger partial charge in [0.2, 0.25) is 0 Å². The number of nitrogens with zero attached hydrogens (tertiary/aromatic N) is 1. The number of rotatable bonds is 2. The van der Waals surface area contributed by atoms with Gasteiger partial charge in [0.1, 0.15) is 0 Å². The zero-order chi connectivity index (χ0) is 13.2. The molecule has 1 heterocycles. The predicted molar refractivity (Wildman–Crippen MR) is 86.7 cm³/mol. The van der Waals surface area contributed by atoms with Gasteiger partial charge in [-0.15, -0.1) is 11.3 Å². The molecule has 1 amide bonds. The van der Waals surface area contributed by atoms with E-state index in [9.17, 15) is 4.79 Å². The van der Waals surface area contributed by atoms with Gasteiger partial charge in [0.25, 0.3) is 5.91 Å². The molecular weight excluding hydrogens is 371 g/mol. The molecule has 0 radical (unpaired) electrons. The van der Waals surface area contributed by atoms with Crippen molar-refractivity contribution in [2.75, 3.05) is 5.32 Å². The van der Waals surface area contributed by atoms with Crippen molar-refractivity contribution in [1.82, 2.24) is 4.98 Å². The van der Waals surface area contributed by atoms with Crippen LogP contribution in [0, 0.1) is 3.57 Å². The Morgan fingerprint density at radius 2 is 1.84 bits per heavy atom. The Bertz CT molecular complexity index is 704. The monoisotopic (exact) mass is 380 g/mol. The first kappa shape index (κ1) is 12.6. The number of thiazole rings is 1. The lowest BCUT2D eigenvalue weighted by Crippen LogP contribution is -2.11. The maximum absolute atomic E-state index is 12.1. The molecule has 3 aromatic rings. The summed E-state index contributed by atoms with van der Waals surface area (Å²) in [6.45, 7) is 0. The number of fused-ring (bicyclic) bond motifs is 1. The maximum Gasteiger partial charge on any atom is 0.284 e. The fourth-order valence-corrected chi connectivity index (χ4v) is 2.91. The molecule has 0 atom stereocenters. The Hall–Kier alpha value is -1.47. The second-order valence-electron chi connectivity index (χ2n) is 3.95. The van der Waals surface area contributed by atoms with Crippen LogP contribution in [0.2, 0.25) is 0 Å². The number of halogens is 1. The molecule has 3 rings (SSSR count). The van der Waals surface area contributed by atoms with Crippen molar-refractivity contribution in [3.05, 3.63) is 57.1 Å². The summed E-state index contributed by atoms with van der Waals surface area (Å²) < 4.78 is 2.16. The van der Waals surface area contributed by atoms with E-state index in [0.717, 1.165) is 19.5 Å². The van der Waals surface area contributed by atoms with Crippen molar-refractivity contribution >= 4 is 55.7 Å². The van der Waals surface area contributed by atoms with E-state index >= 15 is 0 Å². The number of carbonyl (C=O) groups is 1. The number of para-hydroxylation sites is 1. The normalized spacial score (nSPS) is 10.6. The first-order valence-corrected chi connectivity index (χ1v) is 7.54. The van der Waals surface area contributed by atoms with E-state index in [1.54, 1.807) is 0 Å². The predicted octanol–water partition coefficient (Wildman–Crippen LogP) is 4.15. The molecule has 1 aromatic heterocycles. The summed E-state index contributed by atoms with van der Waals surface area (Å²) in [7, 11) is 0. The van der Waals surface area contributed by atoms with Gasteiger partial charge in [-0.3, -0.25) is 4.79 Å². The minimum Gasteiger partial charge on any atom is -0.320 e. The second kappa shape index (κ2) is 5.26. The first-order valence-electron chi connectivity index (χ1n) is 5.65. The number of hydrogen-bond donors (Lipinski definition) is 1. The highest BCUT2D eigenvalue weighted by Gasteiger charge is 2.11. The minimum atomic E-state index is -0.164. The van der Waals surface area contributed by atoms with Gasteiger partial charge in [0.05, 0.1) is 10.2 Å². The van der Waals surface area contributed by atoms with E-state index in [-0.39, 0.29) is 5.91 Å². The van der Waals surface area contributed by atoms with Crippen molar-refractivity contribution in [3.8, 4) is 0 Å². The van der Waals surface area contributed by atoms with Gasteiger partial charge in [-0.1, -0.05) is 12.1 Å². The van der Waals surface area contributed by atoms with E-state index in [4.69, 9.17) is 0 Å². The molecule has 0 aliphatic rings. The molecule has 0 aliphatic carbocycles. The number of hydrogen-bond acceptors (Lipinski definition) is 3. The van der Waals surface area contributed by atoms with E-state index < -0.39 is 0 Å². The summed E-state index contributed by atoms with van der Waals surface area (Å²) in [6.07, 6.45) is 0. The van der Waals surface area contributed by atoms with Crippen molar-refractivity contribution in [2.45, 2.75) is 0 Å². The van der Waals surface area contributed by atoms with Crippen molar-refractivity contribution in [2.24, 2.45) is 0 Å². The molecule has 19 heavy (non-hydrogen) atoms. The van der Waals surface area contributed by atoms with Crippen LogP contribution in [0.5, 0.6) is 0 Å². The second-order valence-corrected chi connectivity index (χ2v) is 6.22. The lowest BCUT2D eigenvalue weighted by Gasteiger charge is -2.02. The SMILES string of the molecule is O=C(Nc1ccc(I)cc1)c1nc2ccccc2s1. The molecular formula is C14H9IN2OS. The Kier molecular flexibility index (Phi) is 3.48. The van der Waals surface area contributed by atoms with Gasteiger partial charge < -0.3 is 5.32 Å². The number of benzene rings is 2. The summed E-state index contributed by atoms with van der Waals surface area (Å²) in [5, 5.41) is 3.34. The highest BCUT2D eigenvalue weighted by Crippen LogP contribution is 2.22. The van der Waals surface area contributed by atoms with Gasteiger partial charge in [0, 0.05) is 9.26 Å². The Morgan fingerprint density at radius 3 is 2.58 bits per heavy atom. The molecule has 0 spiro atoms. The number of amides is 1. The first-order chi connectivity index (χ1) is 9.22. The summed E-state index contributed by atoms with van der Waals surface area (Å²) in [6, 6.07) is 15.4. The van der Waals surface area contributed by atoms with Gasteiger partial charge in [-0.25, -0.2) is 4.98 Å². The molecule has 0 unspecified atom stereocenters. The fourth-order valence-electron chi connectivity index (χ4n) is 1.69. The standard InChI is InChI=1S/C14H9IN2OS/c15-9-5-7-10(8-6-9)16-13(18)14-17-11-3-1-2-4-12(11)19-14/h1-8H,(H,16,18). The Morgan fingerprint density at radius 1 is 1.11 bits per heavy atom. The maximum atomic E-state index is 12.1. The van der Waals surface area contributed by atoms with Crippen LogP contribution in [0.4, 0.5) is 5.69 Å². The highest BCUT2D eigenvalue weighted by atomic mass is 127. The number of anilines is 1. The topological polar surface area (TPSA) is 42.0 Å². The number of nitrogens with one attached hydrogen (secondary N) is 1. The average Bonchev–Trinajstić information content (AvgIpc) is 2.85. The quantitative estimate of drug-likeness (QED) is 0.679. The highest BCUT2D eigenvalue weighted by molar-refractivity contribution is 14.1. The van der Waals surface area contributed by atoms with Crippen LogP contribution in [0.1, 0.15) is 9.80 Å². The van der Waals surface area contributed by atoms with Crippen LogP contribution in [0.3, 0.4) is 0 Å². The smallest absolute Gasteiger partial charge is 0.284 e. The molecule has 5 heteroatoms. The molecule has 2 aromatic carbocycles. The Balaban J connectivity index is 1.85. The summed E-state index contributed by atoms with van der Waals surface area (Å²) >= 11 is 3.63. The largest absolute Gasteiger partial charge is 0.320 e.